The molecule has 86 valence electrons. The van der Waals surface area contributed by atoms with Gasteiger partial charge in [0, 0.05) is 0 Å². The first-order valence-electron chi connectivity index (χ1n) is 4.67. The Kier molecular flexibility index (Phi) is 4.98. The summed E-state index contributed by atoms with van der Waals surface area (Å²) in [5, 5.41) is 3.61. The monoisotopic (exact) mass is 285 g/mol. The third-order valence-electron chi connectivity index (χ3n) is 1.73. The van der Waals surface area contributed by atoms with Crippen molar-refractivity contribution in [1.29, 1.82) is 0 Å². The van der Waals surface area contributed by atoms with Gasteiger partial charge in [-0.05, 0) is 19.1 Å². The highest BCUT2D eigenvalue weighted by Crippen LogP contribution is 2.11. The zero-order chi connectivity index (χ0) is 12.0. The Balaban J connectivity index is 2.74. The minimum absolute atomic E-state index is 0.186. The minimum atomic E-state index is -0.530. The topological polar surface area (TPSA) is 47.9 Å². The quantitative estimate of drug-likeness (QED) is 0.281. The van der Waals surface area contributed by atoms with Crippen LogP contribution in [0.4, 0.5) is 0 Å². The van der Waals surface area contributed by atoms with Crippen LogP contribution in [0.5, 0.6) is 5.75 Å². The number of halogens is 1. The van der Waals surface area contributed by atoms with E-state index >= 15 is 0 Å². The van der Waals surface area contributed by atoms with E-state index in [1.807, 2.05) is 6.07 Å². The summed E-state index contributed by atoms with van der Waals surface area (Å²) in [6, 6.07) is 8.80. The number of hydrogen-bond acceptors (Lipinski definition) is 4. The minimum Gasteiger partial charge on any atom is -0.422 e. The second kappa shape index (κ2) is 6.27. The Bertz CT molecular complexity index is 376. The first kappa shape index (κ1) is 12.7. The molecule has 1 atom stereocenters. The number of ether oxygens (including phenoxy) is 1. The summed E-state index contributed by atoms with van der Waals surface area (Å²) in [5.41, 5.74) is 0.186. The lowest BCUT2D eigenvalue weighted by Gasteiger charge is -2.07. The Morgan fingerprint density at radius 3 is 2.50 bits per heavy atom. The fourth-order valence-corrected chi connectivity index (χ4v) is 1.29. The summed E-state index contributed by atoms with van der Waals surface area (Å²) in [6.07, 6.45) is 0. The SMILES string of the molecule is CO/N=C(\C(=O)Oc1ccccc1)C(C)Br. The number of hydrogen-bond donors (Lipinski definition) is 0. The second-order valence-electron chi connectivity index (χ2n) is 2.98. The van der Waals surface area contributed by atoms with E-state index < -0.39 is 5.97 Å². The average Bonchev–Trinajstić information content (AvgIpc) is 2.26. The van der Waals surface area contributed by atoms with E-state index in [0.29, 0.717) is 5.75 Å². The van der Waals surface area contributed by atoms with Crippen molar-refractivity contribution >= 4 is 27.6 Å². The molecule has 0 aliphatic rings. The predicted molar refractivity (Wildman–Crippen MR) is 64.9 cm³/mol. The maximum Gasteiger partial charge on any atom is 0.362 e. The molecule has 1 rings (SSSR count). The molecule has 0 saturated carbocycles. The van der Waals surface area contributed by atoms with Crippen LogP contribution in [0.3, 0.4) is 0 Å². The Hall–Kier alpha value is -1.36. The maximum absolute atomic E-state index is 11.7. The van der Waals surface area contributed by atoms with Crippen molar-refractivity contribution in [3.63, 3.8) is 0 Å². The smallest absolute Gasteiger partial charge is 0.362 e. The van der Waals surface area contributed by atoms with Crippen molar-refractivity contribution in [3.05, 3.63) is 30.3 Å². The van der Waals surface area contributed by atoms with Crippen LogP contribution >= 0.6 is 15.9 Å². The van der Waals surface area contributed by atoms with Gasteiger partial charge < -0.3 is 9.57 Å². The van der Waals surface area contributed by atoms with E-state index in [4.69, 9.17) is 4.74 Å². The number of oxime groups is 1. The molecule has 16 heavy (non-hydrogen) atoms. The first-order valence-corrected chi connectivity index (χ1v) is 5.59. The molecule has 0 bridgehead atoms. The highest BCUT2D eigenvalue weighted by atomic mass is 79.9. The largest absolute Gasteiger partial charge is 0.422 e. The van der Waals surface area contributed by atoms with E-state index in [1.165, 1.54) is 7.11 Å². The molecule has 5 heteroatoms. The maximum atomic E-state index is 11.7. The van der Waals surface area contributed by atoms with Crippen LogP contribution in [0, 0.1) is 0 Å². The van der Waals surface area contributed by atoms with Gasteiger partial charge in [-0.3, -0.25) is 0 Å². The molecule has 0 aliphatic carbocycles. The van der Waals surface area contributed by atoms with Crippen molar-refractivity contribution in [3.8, 4) is 5.75 Å². The van der Waals surface area contributed by atoms with Gasteiger partial charge in [-0.1, -0.05) is 39.3 Å². The van der Waals surface area contributed by atoms with Crippen LogP contribution in [-0.2, 0) is 9.63 Å². The van der Waals surface area contributed by atoms with Crippen molar-refractivity contribution in [2.24, 2.45) is 5.16 Å². The lowest BCUT2D eigenvalue weighted by Crippen LogP contribution is -2.27. The molecule has 0 saturated heterocycles. The average molecular weight is 286 g/mol. The molecule has 0 amide bonds. The predicted octanol–water partition coefficient (Wildman–Crippen LogP) is 2.38. The fraction of sp³-hybridized carbons (Fsp3) is 0.273. The highest BCUT2D eigenvalue weighted by molar-refractivity contribution is 9.10. The summed E-state index contributed by atoms with van der Waals surface area (Å²) in [6.45, 7) is 1.77. The van der Waals surface area contributed by atoms with Gasteiger partial charge in [0.05, 0.1) is 4.83 Å². The summed E-state index contributed by atoms with van der Waals surface area (Å²) < 4.78 is 5.11. The number of carbonyl (C=O) groups is 1. The summed E-state index contributed by atoms with van der Waals surface area (Å²) in [4.78, 5) is 16.0. The standard InChI is InChI=1S/C11H12BrNO3/c1-8(12)10(13-15-2)11(14)16-9-6-4-3-5-7-9/h3-8H,1-2H3/b13-10-. The number of para-hydroxylation sites is 1. The third kappa shape index (κ3) is 3.66. The van der Waals surface area contributed by atoms with Crippen LogP contribution in [-0.4, -0.2) is 23.6 Å². The molecule has 0 aromatic heterocycles. The Morgan fingerprint density at radius 1 is 1.38 bits per heavy atom. The molecular formula is C11H12BrNO3. The lowest BCUT2D eigenvalue weighted by molar-refractivity contribution is -0.127. The van der Waals surface area contributed by atoms with Gasteiger partial charge in [-0.2, -0.15) is 0 Å². The van der Waals surface area contributed by atoms with E-state index in [-0.39, 0.29) is 10.5 Å². The molecule has 0 radical (unpaired) electrons. The van der Waals surface area contributed by atoms with Crippen LogP contribution in [0.15, 0.2) is 35.5 Å². The molecule has 0 heterocycles. The van der Waals surface area contributed by atoms with Gasteiger partial charge in [-0.25, -0.2) is 4.79 Å². The molecule has 1 unspecified atom stereocenters. The lowest BCUT2D eigenvalue weighted by atomic mass is 10.3. The van der Waals surface area contributed by atoms with E-state index in [1.54, 1.807) is 31.2 Å². The van der Waals surface area contributed by atoms with E-state index in [2.05, 4.69) is 25.9 Å². The number of benzene rings is 1. The fourth-order valence-electron chi connectivity index (χ4n) is 1.02. The number of alkyl halides is 1. The van der Waals surface area contributed by atoms with E-state index in [9.17, 15) is 4.79 Å². The van der Waals surface area contributed by atoms with Gasteiger partial charge in [0.15, 0.2) is 5.71 Å². The van der Waals surface area contributed by atoms with Gasteiger partial charge in [-0.15, -0.1) is 0 Å². The molecular weight excluding hydrogens is 274 g/mol. The van der Waals surface area contributed by atoms with Gasteiger partial charge in [0.2, 0.25) is 0 Å². The summed E-state index contributed by atoms with van der Waals surface area (Å²) in [5.74, 6) is -0.0538. The second-order valence-corrected chi connectivity index (χ2v) is 4.35. The molecule has 1 aromatic carbocycles. The number of esters is 1. The molecule has 1 aromatic rings. The zero-order valence-corrected chi connectivity index (χ0v) is 10.6. The highest BCUT2D eigenvalue weighted by Gasteiger charge is 2.20. The van der Waals surface area contributed by atoms with Gasteiger partial charge in [0.1, 0.15) is 12.9 Å². The molecule has 0 aliphatic heterocycles. The van der Waals surface area contributed by atoms with Crippen molar-refractivity contribution in [2.75, 3.05) is 7.11 Å². The molecule has 0 fully saturated rings. The zero-order valence-electron chi connectivity index (χ0n) is 9.01. The van der Waals surface area contributed by atoms with Crippen molar-refractivity contribution in [1.82, 2.24) is 0 Å². The number of rotatable bonds is 4. The van der Waals surface area contributed by atoms with Crippen LogP contribution < -0.4 is 4.74 Å². The molecule has 0 spiro atoms. The van der Waals surface area contributed by atoms with Gasteiger partial charge >= 0.3 is 5.97 Å². The Morgan fingerprint density at radius 2 is 2.00 bits per heavy atom. The Labute approximate surface area is 102 Å². The molecule has 4 nitrogen and oxygen atoms in total. The summed E-state index contributed by atoms with van der Waals surface area (Å²) in [7, 11) is 1.38. The first-order chi connectivity index (χ1) is 7.65. The van der Waals surface area contributed by atoms with Crippen molar-refractivity contribution < 1.29 is 14.4 Å². The van der Waals surface area contributed by atoms with Crippen molar-refractivity contribution in [2.45, 2.75) is 11.8 Å². The number of nitrogens with zero attached hydrogens (tertiary/aromatic N) is 1. The van der Waals surface area contributed by atoms with Crippen LogP contribution in [0.2, 0.25) is 0 Å². The normalized spacial score (nSPS) is 13.1. The van der Waals surface area contributed by atoms with Crippen LogP contribution in [0.25, 0.3) is 0 Å². The van der Waals surface area contributed by atoms with E-state index in [0.717, 1.165) is 0 Å². The number of carbonyl (C=O) groups excluding carboxylic acids is 1. The third-order valence-corrected chi connectivity index (χ3v) is 2.16. The molecule has 0 N–H and O–H groups in total. The summed E-state index contributed by atoms with van der Waals surface area (Å²) >= 11 is 3.24. The van der Waals surface area contributed by atoms with Crippen LogP contribution in [0.1, 0.15) is 6.92 Å². The van der Waals surface area contributed by atoms with Gasteiger partial charge in [0.25, 0.3) is 0 Å².